The zero-order valence-corrected chi connectivity index (χ0v) is 24.2. The molecular formula is C33H39NO8. The number of nitrogens with one attached hydrogen (secondary N) is 1. The first-order valence-electron chi connectivity index (χ1n) is 14.0. The van der Waals surface area contributed by atoms with Gasteiger partial charge in [0.15, 0.2) is 12.4 Å². The van der Waals surface area contributed by atoms with E-state index in [1.54, 1.807) is 6.92 Å². The molecule has 0 bridgehead atoms. The number of hydrogen-bond acceptors (Lipinski definition) is 8. The van der Waals surface area contributed by atoms with Crippen LogP contribution in [0.5, 0.6) is 0 Å². The fourth-order valence-corrected chi connectivity index (χ4v) is 4.78. The molecule has 9 nitrogen and oxygen atoms in total. The third-order valence-corrected chi connectivity index (χ3v) is 6.85. The van der Waals surface area contributed by atoms with Gasteiger partial charge in [-0.1, -0.05) is 91.0 Å². The Bertz CT molecular complexity index is 1230. The SMILES string of the molecule is COC(=O)[C@@H](C)O[C@@H]1[C@H](NC(C)=O)[C@@H](OCc2ccccc2)O[C@H](COCc2ccccc2)[C@H]1OCc1ccccc1. The van der Waals surface area contributed by atoms with Gasteiger partial charge in [-0.05, 0) is 23.6 Å². The summed E-state index contributed by atoms with van der Waals surface area (Å²) in [5, 5.41) is 2.92. The molecule has 1 saturated heterocycles. The van der Waals surface area contributed by atoms with E-state index in [1.165, 1.54) is 14.0 Å². The number of hydrogen-bond donors (Lipinski definition) is 1. The van der Waals surface area contributed by atoms with Crippen LogP contribution < -0.4 is 5.32 Å². The summed E-state index contributed by atoms with van der Waals surface area (Å²) in [5.41, 5.74) is 2.89. The second-order valence-corrected chi connectivity index (χ2v) is 10.1. The predicted molar refractivity (Wildman–Crippen MR) is 155 cm³/mol. The minimum Gasteiger partial charge on any atom is -0.467 e. The molecule has 1 heterocycles. The van der Waals surface area contributed by atoms with E-state index in [0.717, 1.165) is 16.7 Å². The highest BCUT2D eigenvalue weighted by Gasteiger charge is 2.49. The molecule has 4 rings (SSSR count). The van der Waals surface area contributed by atoms with E-state index in [-0.39, 0.29) is 25.7 Å². The molecule has 9 heteroatoms. The number of benzene rings is 3. The van der Waals surface area contributed by atoms with Gasteiger partial charge in [0.1, 0.15) is 24.4 Å². The van der Waals surface area contributed by atoms with Crippen LogP contribution >= 0.6 is 0 Å². The van der Waals surface area contributed by atoms with E-state index in [9.17, 15) is 9.59 Å². The summed E-state index contributed by atoms with van der Waals surface area (Å²) in [7, 11) is 1.30. The molecule has 224 valence electrons. The third kappa shape index (κ3) is 9.20. The number of rotatable bonds is 14. The molecular weight excluding hydrogens is 538 g/mol. The summed E-state index contributed by atoms with van der Waals surface area (Å²) in [4.78, 5) is 24.9. The zero-order valence-electron chi connectivity index (χ0n) is 24.2. The van der Waals surface area contributed by atoms with Crippen molar-refractivity contribution in [2.75, 3.05) is 13.7 Å². The molecule has 6 atom stereocenters. The van der Waals surface area contributed by atoms with E-state index >= 15 is 0 Å². The van der Waals surface area contributed by atoms with Gasteiger partial charge in [-0.2, -0.15) is 0 Å². The molecule has 0 spiro atoms. The molecule has 1 amide bonds. The van der Waals surface area contributed by atoms with E-state index in [0.29, 0.717) is 6.61 Å². The highest BCUT2D eigenvalue weighted by Crippen LogP contribution is 2.30. The minimum absolute atomic E-state index is 0.152. The van der Waals surface area contributed by atoms with Crippen LogP contribution in [0, 0.1) is 0 Å². The summed E-state index contributed by atoms with van der Waals surface area (Å²) in [6.07, 6.45) is -4.10. The molecule has 0 aromatic heterocycles. The molecule has 0 aliphatic carbocycles. The van der Waals surface area contributed by atoms with Crippen LogP contribution in [0.2, 0.25) is 0 Å². The van der Waals surface area contributed by atoms with Crippen molar-refractivity contribution in [3.8, 4) is 0 Å². The lowest BCUT2D eigenvalue weighted by atomic mass is 9.95. The van der Waals surface area contributed by atoms with Gasteiger partial charge in [-0.3, -0.25) is 4.79 Å². The molecule has 42 heavy (non-hydrogen) atoms. The van der Waals surface area contributed by atoms with Gasteiger partial charge in [0.05, 0.1) is 33.5 Å². The summed E-state index contributed by atoms with van der Waals surface area (Å²) < 4.78 is 36.5. The van der Waals surface area contributed by atoms with Gasteiger partial charge in [0.2, 0.25) is 5.91 Å². The Kier molecular flexibility index (Phi) is 12.0. The smallest absolute Gasteiger partial charge is 0.334 e. The average molecular weight is 578 g/mol. The second kappa shape index (κ2) is 16.1. The molecule has 1 aliphatic rings. The van der Waals surface area contributed by atoms with Crippen molar-refractivity contribution in [1.29, 1.82) is 0 Å². The van der Waals surface area contributed by atoms with E-state index in [1.807, 2.05) is 91.0 Å². The lowest BCUT2D eigenvalue weighted by Crippen LogP contribution is -2.66. The molecule has 1 aliphatic heterocycles. The lowest BCUT2D eigenvalue weighted by molar-refractivity contribution is -0.295. The van der Waals surface area contributed by atoms with Crippen LogP contribution in [0.25, 0.3) is 0 Å². The maximum Gasteiger partial charge on any atom is 0.334 e. The molecule has 1 N–H and O–H groups in total. The predicted octanol–water partition coefficient (Wildman–Crippen LogP) is 4.18. The first-order chi connectivity index (χ1) is 20.4. The van der Waals surface area contributed by atoms with E-state index in [2.05, 4.69) is 5.32 Å². The first-order valence-corrected chi connectivity index (χ1v) is 14.0. The van der Waals surface area contributed by atoms with Crippen molar-refractivity contribution in [2.45, 2.75) is 70.4 Å². The van der Waals surface area contributed by atoms with Gasteiger partial charge in [0, 0.05) is 6.92 Å². The molecule has 3 aromatic carbocycles. The summed E-state index contributed by atoms with van der Waals surface area (Å²) >= 11 is 0. The average Bonchev–Trinajstić information content (AvgIpc) is 3.01. The summed E-state index contributed by atoms with van der Waals surface area (Å²) in [5.74, 6) is -0.861. The van der Waals surface area contributed by atoms with Gasteiger partial charge in [-0.15, -0.1) is 0 Å². The fourth-order valence-electron chi connectivity index (χ4n) is 4.78. The minimum atomic E-state index is -0.946. The first kappa shape index (κ1) is 31.3. The number of carbonyl (C=O) groups is 2. The normalized spacial score (nSPS) is 22.7. The number of ether oxygens (including phenoxy) is 6. The Morgan fingerprint density at radius 3 is 1.83 bits per heavy atom. The van der Waals surface area contributed by atoms with Crippen LogP contribution in [0.4, 0.5) is 0 Å². The van der Waals surface area contributed by atoms with Gasteiger partial charge in [0.25, 0.3) is 0 Å². The Morgan fingerprint density at radius 2 is 1.31 bits per heavy atom. The number of carbonyl (C=O) groups excluding carboxylic acids is 2. The number of methoxy groups -OCH3 is 1. The van der Waals surface area contributed by atoms with Gasteiger partial charge in [-0.25, -0.2) is 4.79 Å². The second-order valence-electron chi connectivity index (χ2n) is 10.1. The maximum absolute atomic E-state index is 12.4. The van der Waals surface area contributed by atoms with Crippen LogP contribution in [0.3, 0.4) is 0 Å². The largest absolute Gasteiger partial charge is 0.467 e. The number of esters is 1. The summed E-state index contributed by atoms with van der Waals surface area (Å²) in [6, 6.07) is 28.3. The quantitative estimate of drug-likeness (QED) is 0.285. The summed E-state index contributed by atoms with van der Waals surface area (Å²) in [6.45, 7) is 4.00. The number of amides is 1. The van der Waals surface area contributed by atoms with Crippen LogP contribution in [-0.4, -0.2) is 62.3 Å². The van der Waals surface area contributed by atoms with E-state index in [4.69, 9.17) is 28.4 Å². The molecule has 0 unspecified atom stereocenters. The van der Waals surface area contributed by atoms with Crippen molar-refractivity contribution in [1.82, 2.24) is 5.32 Å². The third-order valence-electron chi connectivity index (χ3n) is 6.85. The Hall–Kier alpha value is -3.60. The zero-order chi connectivity index (χ0) is 29.7. The van der Waals surface area contributed by atoms with Crippen molar-refractivity contribution in [3.63, 3.8) is 0 Å². The Labute approximate surface area is 247 Å². The molecule has 3 aromatic rings. The van der Waals surface area contributed by atoms with Crippen molar-refractivity contribution >= 4 is 11.9 Å². The highest BCUT2D eigenvalue weighted by molar-refractivity contribution is 5.74. The molecule has 1 fully saturated rings. The fraction of sp³-hybridized carbons (Fsp3) is 0.394. The standard InChI is InChI=1S/C33H39NO8/c1-23(32(36)37-3)41-31-29(34-24(2)35)33(40-21-27-17-11-6-12-18-27)42-28(22-38-19-25-13-7-4-8-14-25)30(31)39-20-26-15-9-5-10-16-26/h4-18,23,28-31,33H,19-22H2,1-3H3,(H,34,35)/t23-,28-,29+,30-,31-,33+/m1/s1. The van der Waals surface area contributed by atoms with Crippen LogP contribution in [0.1, 0.15) is 30.5 Å². The van der Waals surface area contributed by atoms with Crippen LogP contribution in [0.15, 0.2) is 91.0 Å². The highest BCUT2D eigenvalue weighted by atomic mass is 16.7. The Balaban J connectivity index is 1.63. The topological polar surface area (TPSA) is 102 Å². The van der Waals surface area contributed by atoms with Crippen LogP contribution in [-0.2, 0) is 57.8 Å². The van der Waals surface area contributed by atoms with Crippen molar-refractivity contribution in [3.05, 3.63) is 108 Å². The monoisotopic (exact) mass is 577 g/mol. The van der Waals surface area contributed by atoms with Gasteiger partial charge < -0.3 is 33.7 Å². The lowest BCUT2D eigenvalue weighted by Gasteiger charge is -2.46. The van der Waals surface area contributed by atoms with E-state index < -0.39 is 42.7 Å². The van der Waals surface area contributed by atoms with Crippen molar-refractivity contribution in [2.24, 2.45) is 0 Å². The van der Waals surface area contributed by atoms with Gasteiger partial charge >= 0.3 is 5.97 Å². The van der Waals surface area contributed by atoms with Crippen molar-refractivity contribution < 1.29 is 38.0 Å². The molecule has 0 radical (unpaired) electrons. The molecule has 0 saturated carbocycles. The maximum atomic E-state index is 12.4. The Morgan fingerprint density at radius 1 is 0.786 bits per heavy atom.